The Morgan fingerprint density at radius 3 is 2.50 bits per heavy atom. The Kier molecular flexibility index (Phi) is 7.92. The second-order valence-corrected chi connectivity index (χ2v) is 5.97. The number of hydrogen-bond donors (Lipinski definition) is 1. The summed E-state index contributed by atoms with van der Waals surface area (Å²) >= 11 is 0. The topological polar surface area (TPSA) is 21.3 Å². The summed E-state index contributed by atoms with van der Waals surface area (Å²) in [5, 5.41) is 3.72. The molecular weight excluding hydrogens is 222 g/mol. The second kappa shape index (κ2) is 8.92. The normalized spacial score (nSPS) is 25.5. The van der Waals surface area contributed by atoms with E-state index >= 15 is 0 Å². The van der Waals surface area contributed by atoms with Gasteiger partial charge in [-0.2, -0.15) is 0 Å². The van der Waals surface area contributed by atoms with Crippen molar-refractivity contribution in [2.45, 2.75) is 90.2 Å². The van der Waals surface area contributed by atoms with Crippen LogP contribution in [-0.4, -0.2) is 24.8 Å². The Hall–Kier alpha value is -0.0800. The summed E-state index contributed by atoms with van der Waals surface area (Å²) in [7, 11) is 0. The Morgan fingerprint density at radius 2 is 1.89 bits per heavy atom. The highest BCUT2D eigenvalue weighted by Gasteiger charge is 2.37. The van der Waals surface area contributed by atoms with Crippen LogP contribution in [0.3, 0.4) is 0 Å². The van der Waals surface area contributed by atoms with Gasteiger partial charge in [0, 0.05) is 12.6 Å². The van der Waals surface area contributed by atoms with Crippen molar-refractivity contribution in [3.8, 4) is 0 Å². The fourth-order valence-corrected chi connectivity index (χ4v) is 2.97. The van der Waals surface area contributed by atoms with E-state index in [-0.39, 0.29) is 5.60 Å². The third kappa shape index (κ3) is 5.27. The number of ether oxygens (including phenoxy) is 1. The predicted molar refractivity (Wildman–Crippen MR) is 79.0 cm³/mol. The molecule has 2 unspecified atom stereocenters. The number of rotatable bonds is 10. The van der Waals surface area contributed by atoms with Gasteiger partial charge in [-0.25, -0.2) is 0 Å². The van der Waals surface area contributed by atoms with Gasteiger partial charge in [0.05, 0.1) is 5.60 Å². The highest BCUT2D eigenvalue weighted by molar-refractivity contribution is 4.92. The first-order chi connectivity index (χ1) is 8.73. The van der Waals surface area contributed by atoms with Crippen LogP contribution >= 0.6 is 0 Å². The lowest BCUT2D eigenvalue weighted by molar-refractivity contribution is -0.0144. The van der Waals surface area contributed by atoms with Crippen molar-refractivity contribution in [2.24, 2.45) is 0 Å². The van der Waals surface area contributed by atoms with Gasteiger partial charge in [0.25, 0.3) is 0 Å². The summed E-state index contributed by atoms with van der Waals surface area (Å²) in [5.74, 6) is 0. The van der Waals surface area contributed by atoms with E-state index in [1.165, 1.54) is 57.8 Å². The van der Waals surface area contributed by atoms with Crippen LogP contribution in [0.4, 0.5) is 0 Å². The zero-order valence-corrected chi connectivity index (χ0v) is 12.8. The molecule has 1 fully saturated rings. The van der Waals surface area contributed by atoms with Gasteiger partial charge in [0.2, 0.25) is 0 Å². The van der Waals surface area contributed by atoms with E-state index < -0.39 is 0 Å². The van der Waals surface area contributed by atoms with Crippen molar-refractivity contribution in [3.05, 3.63) is 0 Å². The van der Waals surface area contributed by atoms with Crippen molar-refractivity contribution in [3.63, 3.8) is 0 Å². The van der Waals surface area contributed by atoms with E-state index in [1.807, 2.05) is 0 Å². The van der Waals surface area contributed by atoms with E-state index in [2.05, 4.69) is 26.1 Å². The average molecular weight is 255 g/mol. The Morgan fingerprint density at radius 1 is 1.11 bits per heavy atom. The van der Waals surface area contributed by atoms with Crippen molar-refractivity contribution >= 4 is 0 Å². The third-order valence-electron chi connectivity index (χ3n) is 4.22. The average Bonchev–Trinajstić information content (AvgIpc) is 2.80. The summed E-state index contributed by atoms with van der Waals surface area (Å²) in [6, 6.07) is 0.557. The van der Waals surface area contributed by atoms with Crippen LogP contribution in [-0.2, 0) is 4.74 Å². The van der Waals surface area contributed by atoms with E-state index in [9.17, 15) is 0 Å². The first-order valence-electron chi connectivity index (χ1n) is 8.10. The summed E-state index contributed by atoms with van der Waals surface area (Å²) in [4.78, 5) is 0. The number of nitrogens with one attached hydrogen (secondary N) is 1. The molecule has 0 amide bonds. The molecule has 0 aromatic rings. The van der Waals surface area contributed by atoms with Crippen LogP contribution in [0.2, 0.25) is 0 Å². The minimum absolute atomic E-state index is 0.0971. The molecular formula is C16H33NO. The monoisotopic (exact) mass is 255 g/mol. The third-order valence-corrected chi connectivity index (χ3v) is 4.22. The van der Waals surface area contributed by atoms with Gasteiger partial charge in [-0.05, 0) is 39.2 Å². The molecule has 1 aliphatic rings. The molecule has 108 valence electrons. The minimum atomic E-state index is 0.0971. The molecule has 1 rings (SSSR count). The van der Waals surface area contributed by atoms with Crippen molar-refractivity contribution in [1.82, 2.24) is 5.32 Å². The van der Waals surface area contributed by atoms with Crippen LogP contribution < -0.4 is 5.32 Å². The molecule has 0 radical (unpaired) electrons. The molecule has 2 heteroatoms. The fourth-order valence-electron chi connectivity index (χ4n) is 2.97. The molecule has 0 saturated carbocycles. The maximum absolute atomic E-state index is 6.02. The molecule has 0 aromatic heterocycles. The quantitative estimate of drug-likeness (QED) is 0.588. The maximum Gasteiger partial charge on any atom is 0.0807 e. The van der Waals surface area contributed by atoms with Crippen LogP contribution in [0.1, 0.15) is 78.6 Å². The lowest BCUT2D eigenvalue weighted by Gasteiger charge is -2.34. The van der Waals surface area contributed by atoms with E-state index in [4.69, 9.17) is 4.74 Å². The Bertz CT molecular complexity index is 199. The van der Waals surface area contributed by atoms with Gasteiger partial charge in [-0.3, -0.25) is 0 Å². The smallest absolute Gasteiger partial charge is 0.0807 e. The summed E-state index contributed by atoms with van der Waals surface area (Å²) in [6.45, 7) is 8.90. The first kappa shape index (κ1) is 16.0. The largest absolute Gasteiger partial charge is 0.374 e. The number of hydrogen-bond acceptors (Lipinski definition) is 2. The van der Waals surface area contributed by atoms with Gasteiger partial charge < -0.3 is 10.1 Å². The first-order valence-corrected chi connectivity index (χ1v) is 8.10. The van der Waals surface area contributed by atoms with Crippen molar-refractivity contribution in [1.29, 1.82) is 0 Å². The van der Waals surface area contributed by atoms with Gasteiger partial charge in [-0.1, -0.05) is 46.0 Å². The van der Waals surface area contributed by atoms with Crippen LogP contribution in [0.5, 0.6) is 0 Å². The zero-order chi connectivity index (χ0) is 13.3. The van der Waals surface area contributed by atoms with Gasteiger partial charge in [0.15, 0.2) is 0 Å². The van der Waals surface area contributed by atoms with Crippen LogP contribution in [0, 0.1) is 0 Å². The molecule has 2 nitrogen and oxygen atoms in total. The highest BCUT2D eigenvalue weighted by atomic mass is 16.5. The second-order valence-electron chi connectivity index (χ2n) is 5.97. The predicted octanol–water partition coefficient (Wildman–Crippen LogP) is 4.28. The molecule has 1 heterocycles. The van der Waals surface area contributed by atoms with Crippen LogP contribution in [0.15, 0.2) is 0 Å². The maximum atomic E-state index is 6.02. The molecule has 0 bridgehead atoms. The molecule has 0 aromatic carbocycles. The van der Waals surface area contributed by atoms with E-state index in [0.29, 0.717) is 6.04 Å². The molecule has 2 atom stereocenters. The van der Waals surface area contributed by atoms with Gasteiger partial charge in [-0.15, -0.1) is 0 Å². The Labute approximate surface area is 114 Å². The highest BCUT2D eigenvalue weighted by Crippen LogP contribution is 2.31. The standard InChI is InChI=1S/C16H33NO/c1-4-6-7-8-9-11-15(17-13-5-2)16(3)12-10-14-18-16/h15,17H,4-14H2,1-3H3. The van der Waals surface area contributed by atoms with Gasteiger partial charge in [0.1, 0.15) is 0 Å². The summed E-state index contributed by atoms with van der Waals surface area (Å²) in [5.41, 5.74) is 0.0971. The molecule has 1 aliphatic heterocycles. The van der Waals surface area contributed by atoms with E-state index in [0.717, 1.165) is 13.2 Å². The van der Waals surface area contributed by atoms with Gasteiger partial charge >= 0.3 is 0 Å². The zero-order valence-electron chi connectivity index (χ0n) is 12.8. The van der Waals surface area contributed by atoms with Crippen molar-refractivity contribution in [2.75, 3.05) is 13.2 Å². The fraction of sp³-hybridized carbons (Fsp3) is 1.00. The number of unbranched alkanes of at least 4 members (excludes halogenated alkanes) is 4. The SMILES string of the molecule is CCCCCCCC(NCCC)C1(C)CCCO1. The Balaban J connectivity index is 2.30. The molecule has 1 N–H and O–H groups in total. The minimum Gasteiger partial charge on any atom is -0.374 e. The summed E-state index contributed by atoms with van der Waals surface area (Å²) < 4.78 is 6.02. The lowest BCUT2D eigenvalue weighted by Crippen LogP contribution is -2.48. The molecule has 0 spiro atoms. The van der Waals surface area contributed by atoms with Crippen molar-refractivity contribution < 1.29 is 4.74 Å². The van der Waals surface area contributed by atoms with E-state index in [1.54, 1.807) is 0 Å². The molecule has 18 heavy (non-hydrogen) atoms. The molecule has 1 saturated heterocycles. The van der Waals surface area contributed by atoms with Crippen LogP contribution in [0.25, 0.3) is 0 Å². The summed E-state index contributed by atoms with van der Waals surface area (Å²) in [6.07, 6.45) is 11.8. The molecule has 0 aliphatic carbocycles. The lowest BCUT2D eigenvalue weighted by atomic mass is 9.89.